The SMILES string of the molecule is CC[C@H](C)[C@H](NC(=O)[C@H](CCC(=O)O)NC(=O)[C@H](CC(C)C)NC(=O)[C@H](Cc1c[nH]c2ccccc12)NC(=O)[C@H](C)NC(=O)[C@H](CS)NC(=O)[C@H](CCC(N)=O)NC(=O)[C@H](CC(C)C)NC(=O)[C@@H](N)CC(C)C)C(=O)O. The van der Waals surface area contributed by atoms with E-state index in [0.717, 1.165) is 0 Å². The number of aromatic nitrogens is 1. The van der Waals surface area contributed by atoms with E-state index in [9.17, 15) is 63.0 Å². The van der Waals surface area contributed by atoms with Gasteiger partial charge in [0.25, 0.3) is 0 Å². The molecule has 0 aliphatic heterocycles. The number of aromatic amines is 1. The van der Waals surface area contributed by atoms with Crippen LogP contribution < -0.4 is 54.0 Å². The highest BCUT2D eigenvalue weighted by molar-refractivity contribution is 7.80. The van der Waals surface area contributed by atoms with Crippen LogP contribution in [0.25, 0.3) is 10.9 Å². The maximum Gasteiger partial charge on any atom is 0.326 e. The van der Waals surface area contributed by atoms with E-state index in [2.05, 4.69) is 60.1 Å². The normalized spacial score (nSPS) is 15.3. The van der Waals surface area contributed by atoms with Crippen LogP contribution in [-0.4, -0.2) is 140 Å². The van der Waals surface area contributed by atoms with E-state index in [-0.39, 0.29) is 55.6 Å². The van der Waals surface area contributed by atoms with Gasteiger partial charge in [0.05, 0.1) is 6.04 Å². The predicted octanol–water partition coefficient (Wildman–Crippen LogP) is 0.265. The minimum Gasteiger partial charge on any atom is -0.481 e. The third-order valence-electron chi connectivity index (χ3n) is 12.4. The van der Waals surface area contributed by atoms with Crippen molar-refractivity contribution in [2.75, 3.05) is 5.75 Å². The van der Waals surface area contributed by atoms with Crippen molar-refractivity contribution in [1.82, 2.24) is 47.5 Å². The fourth-order valence-electron chi connectivity index (χ4n) is 8.02. The van der Waals surface area contributed by atoms with Crippen LogP contribution in [0.1, 0.15) is 119 Å². The number of rotatable bonds is 34. The predicted molar refractivity (Wildman–Crippen MR) is 286 cm³/mol. The van der Waals surface area contributed by atoms with E-state index in [1.54, 1.807) is 58.2 Å². The average Bonchev–Trinajstić information content (AvgIpc) is 3.75. The number of nitrogens with two attached hydrogens (primary N) is 2. The van der Waals surface area contributed by atoms with E-state index in [4.69, 9.17) is 11.5 Å². The van der Waals surface area contributed by atoms with Crippen molar-refractivity contribution in [2.24, 2.45) is 35.1 Å². The Morgan fingerprint density at radius 1 is 0.566 bits per heavy atom. The number of aliphatic carboxylic acids is 2. The second kappa shape index (κ2) is 32.0. The van der Waals surface area contributed by atoms with Gasteiger partial charge in [0.15, 0.2) is 0 Å². The number of thiol groups is 1. The van der Waals surface area contributed by atoms with Crippen LogP contribution in [0.4, 0.5) is 0 Å². The number of carboxylic acid groups (broad SMARTS) is 2. The fourth-order valence-corrected chi connectivity index (χ4v) is 8.27. The summed E-state index contributed by atoms with van der Waals surface area (Å²) >= 11 is 4.24. The van der Waals surface area contributed by atoms with Crippen LogP contribution in [0, 0.1) is 23.7 Å². The molecule has 424 valence electrons. The Morgan fingerprint density at radius 3 is 1.51 bits per heavy atom. The third-order valence-corrected chi connectivity index (χ3v) is 12.8. The lowest BCUT2D eigenvalue weighted by Crippen LogP contribution is -2.60. The maximum atomic E-state index is 14.4. The molecule has 0 spiro atoms. The molecule has 1 heterocycles. The number of fused-ring (bicyclic) bond motifs is 1. The number of amides is 9. The van der Waals surface area contributed by atoms with E-state index in [1.807, 2.05) is 27.7 Å². The highest BCUT2D eigenvalue weighted by Gasteiger charge is 2.36. The van der Waals surface area contributed by atoms with Crippen molar-refractivity contribution in [2.45, 2.75) is 174 Å². The summed E-state index contributed by atoms with van der Waals surface area (Å²) in [5.41, 5.74) is 12.7. The Bertz CT molecular complexity index is 2340. The molecule has 76 heavy (non-hydrogen) atoms. The molecular formula is C51H81N11O13S. The molecule has 0 aliphatic carbocycles. The summed E-state index contributed by atoms with van der Waals surface area (Å²) in [5, 5.41) is 40.4. The lowest BCUT2D eigenvalue weighted by molar-refractivity contribution is -0.144. The van der Waals surface area contributed by atoms with Gasteiger partial charge in [0, 0.05) is 42.1 Å². The summed E-state index contributed by atoms with van der Waals surface area (Å²) in [4.78, 5) is 149. The molecule has 15 N–H and O–H groups in total. The van der Waals surface area contributed by atoms with Gasteiger partial charge in [0.1, 0.15) is 48.3 Å². The first-order valence-electron chi connectivity index (χ1n) is 25.7. The van der Waals surface area contributed by atoms with Gasteiger partial charge in [-0.2, -0.15) is 12.6 Å². The quantitative estimate of drug-likeness (QED) is 0.0419. The van der Waals surface area contributed by atoms with Gasteiger partial charge in [-0.05, 0) is 74.3 Å². The maximum absolute atomic E-state index is 14.4. The second-order valence-electron chi connectivity index (χ2n) is 20.5. The Balaban J connectivity index is 2.40. The van der Waals surface area contributed by atoms with Crippen molar-refractivity contribution >= 4 is 88.6 Å². The standard InChI is InChI=1S/C51H81N11O13S/c1-10-28(8)42(51(74)75)62-46(69)35(16-18-41(64)65)57-48(71)37(21-27(6)7)60-49(72)38(22-30-23-54-33-14-12-11-13-31(30)33)58-43(66)29(9)55-50(73)39(24-76)61-45(68)34(15-17-40(53)63)56-47(70)36(20-26(4)5)59-44(67)32(52)19-25(2)3/h11-14,23,25-29,32,34-39,42,54,76H,10,15-22,24,52H2,1-9H3,(H2,53,63)(H,55,73)(H,56,70)(H,57,71)(H,58,66)(H,59,67)(H,60,72)(H,61,68)(H,62,69)(H,64,65)(H,74,75)/t28-,29-,32-,34-,35-,36-,37-,38-,39-,42-/m0/s1. The number of para-hydroxylation sites is 1. The Labute approximate surface area is 449 Å². The van der Waals surface area contributed by atoms with Crippen molar-refractivity contribution in [3.8, 4) is 0 Å². The zero-order valence-corrected chi connectivity index (χ0v) is 45.8. The van der Waals surface area contributed by atoms with Crippen molar-refractivity contribution in [3.63, 3.8) is 0 Å². The Kier molecular flexibility index (Phi) is 27.5. The number of benzene rings is 1. The molecule has 0 fully saturated rings. The zero-order chi connectivity index (χ0) is 57.6. The summed E-state index contributed by atoms with van der Waals surface area (Å²) < 4.78 is 0. The number of H-pyrrole nitrogens is 1. The Hall–Kier alpha value is -6.76. The molecule has 0 unspecified atom stereocenters. The molecule has 9 amide bonds. The van der Waals surface area contributed by atoms with Crippen LogP contribution in [0.3, 0.4) is 0 Å². The minimum atomic E-state index is -1.52. The lowest BCUT2D eigenvalue weighted by atomic mass is 9.98. The average molecular weight is 1090 g/mol. The van der Waals surface area contributed by atoms with Crippen LogP contribution in [0.5, 0.6) is 0 Å². The molecule has 2 aromatic rings. The molecule has 1 aromatic heterocycles. The largest absolute Gasteiger partial charge is 0.481 e. The van der Waals surface area contributed by atoms with Crippen LogP contribution in [0.2, 0.25) is 0 Å². The van der Waals surface area contributed by atoms with Gasteiger partial charge in [-0.1, -0.05) is 80.0 Å². The number of carbonyl (C=O) groups is 11. The van der Waals surface area contributed by atoms with Crippen LogP contribution in [0.15, 0.2) is 30.5 Å². The number of hydrogen-bond acceptors (Lipinski definition) is 13. The van der Waals surface area contributed by atoms with E-state index in [0.29, 0.717) is 29.3 Å². The van der Waals surface area contributed by atoms with Gasteiger partial charge in [0.2, 0.25) is 53.2 Å². The van der Waals surface area contributed by atoms with Crippen LogP contribution >= 0.6 is 12.6 Å². The monoisotopic (exact) mass is 1090 g/mol. The van der Waals surface area contributed by atoms with Gasteiger partial charge < -0.3 is 69.2 Å². The molecule has 2 rings (SSSR count). The first-order valence-corrected chi connectivity index (χ1v) is 26.3. The molecule has 0 saturated carbocycles. The number of nitrogens with one attached hydrogen (secondary N) is 9. The van der Waals surface area contributed by atoms with E-state index >= 15 is 0 Å². The molecule has 24 nitrogen and oxygen atoms in total. The van der Waals surface area contributed by atoms with Gasteiger partial charge >= 0.3 is 11.9 Å². The molecule has 25 heteroatoms. The Morgan fingerprint density at radius 2 is 1.01 bits per heavy atom. The van der Waals surface area contributed by atoms with E-state index in [1.165, 1.54) is 6.92 Å². The first-order chi connectivity index (χ1) is 35.6. The molecular weight excluding hydrogens is 1010 g/mol. The first kappa shape index (κ1) is 65.4. The van der Waals surface area contributed by atoms with Crippen molar-refractivity contribution in [3.05, 3.63) is 36.0 Å². The number of primary amides is 1. The summed E-state index contributed by atoms with van der Waals surface area (Å²) in [7, 11) is 0. The molecule has 0 aliphatic rings. The summed E-state index contributed by atoms with van der Waals surface area (Å²) in [6, 6.07) is -4.76. The lowest BCUT2D eigenvalue weighted by Gasteiger charge is -2.28. The number of hydrogen-bond donors (Lipinski definition) is 14. The van der Waals surface area contributed by atoms with Gasteiger partial charge in [-0.15, -0.1) is 0 Å². The second-order valence-corrected chi connectivity index (χ2v) is 20.9. The fraction of sp³-hybridized carbons (Fsp3) is 0.627. The molecule has 1 aromatic carbocycles. The number of carboxylic acids is 2. The van der Waals surface area contributed by atoms with Gasteiger partial charge in [-0.25, -0.2) is 4.79 Å². The van der Waals surface area contributed by atoms with Gasteiger partial charge in [-0.3, -0.25) is 47.9 Å². The zero-order valence-electron chi connectivity index (χ0n) is 45.0. The summed E-state index contributed by atoms with van der Waals surface area (Å²) in [6.45, 7) is 15.6. The molecule has 0 bridgehead atoms. The summed E-state index contributed by atoms with van der Waals surface area (Å²) in [6.07, 6.45) is 0.783. The van der Waals surface area contributed by atoms with E-state index < -0.39 is 138 Å². The summed E-state index contributed by atoms with van der Waals surface area (Å²) in [5.74, 6) is -11.2. The third kappa shape index (κ3) is 22.2. The van der Waals surface area contributed by atoms with Crippen LogP contribution in [-0.2, 0) is 59.2 Å². The van der Waals surface area contributed by atoms with Crippen molar-refractivity contribution < 1.29 is 63.0 Å². The topological polar surface area (TPSA) is 392 Å². The van der Waals surface area contributed by atoms with Crippen molar-refractivity contribution in [1.29, 1.82) is 0 Å². The highest BCUT2D eigenvalue weighted by Crippen LogP contribution is 2.20. The molecule has 0 saturated heterocycles. The molecule has 0 radical (unpaired) electrons. The smallest absolute Gasteiger partial charge is 0.326 e. The molecule has 10 atom stereocenters. The highest BCUT2D eigenvalue weighted by atomic mass is 32.1. The number of carbonyl (C=O) groups excluding carboxylic acids is 9. The minimum absolute atomic E-state index is 0.00180.